The lowest BCUT2D eigenvalue weighted by molar-refractivity contribution is 0.613. The molecular weight excluding hydrogens is 209 g/mol. The minimum Gasteiger partial charge on any atom is -0.366 e. The number of aromatic amines is 1. The van der Waals surface area contributed by atoms with Gasteiger partial charge in [-0.25, -0.2) is 9.37 Å². The fourth-order valence-electron chi connectivity index (χ4n) is 1.29. The van der Waals surface area contributed by atoms with E-state index in [-0.39, 0.29) is 11.4 Å². The first kappa shape index (κ1) is 10.4. The second-order valence-electron chi connectivity index (χ2n) is 3.24. The molecule has 4 nitrogen and oxygen atoms in total. The Labute approximate surface area is 91.2 Å². The number of nitrogens with zero attached hydrogens (tertiary/aromatic N) is 1. The molecule has 0 saturated heterocycles. The number of rotatable bonds is 3. The molecule has 0 atom stereocenters. The first-order valence-corrected chi connectivity index (χ1v) is 4.78. The van der Waals surface area contributed by atoms with Crippen molar-refractivity contribution in [1.82, 2.24) is 9.97 Å². The molecule has 0 aliphatic carbocycles. The monoisotopic (exact) mass is 219 g/mol. The highest BCUT2D eigenvalue weighted by Gasteiger charge is 2.00. The maximum absolute atomic E-state index is 13.2. The van der Waals surface area contributed by atoms with Gasteiger partial charge in [-0.05, 0) is 6.07 Å². The average Bonchev–Trinajstić information content (AvgIpc) is 2.28. The molecule has 0 unspecified atom stereocenters. The lowest BCUT2D eigenvalue weighted by Crippen LogP contribution is -2.09. The SMILES string of the molecule is O=c1cc(NCc2ccccc2F)nc[nH]1. The Morgan fingerprint density at radius 3 is 2.94 bits per heavy atom. The Morgan fingerprint density at radius 1 is 1.38 bits per heavy atom. The van der Waals surface area contributed by atoms with Crippen LogP contribution in [0.2, 0.25) is 0 Å². The maximum Gasteiger partial charge on any atom is 0.252 e. The summed E-state index contributed by atoms with van der Waals surface area (Å²) < 4.78 is 13.2. The van der Waals surface area contributed by atoms with Crippen LogP contribution in [0.15, 0.2) is 41.5 Å². The summed E-state index contributed by atoms with van der Waals surface area (Å²) in [6.07, 6.45) is 1.30. The Hall–Kier alpha value is -2.17. The molecule has 0 aliphatic rings. The zero-order valence-corrected chi connectivity index (χ0v) is 8.40. The summed E-state index contributed by atoms with van der Waals surface area (Å²) in [4.78, 5) is 17.3. The van der Waals surface area contributed by atoms with E-state index in [0.717, 1.165) is 0 Å². The molecule has 1 heterocycles. The normalized spacial score (nSPS) is 10.1. The Balaban J connectivity index is 2.08. The molecule has 0 fully saturated rings. The van der Waals surface area contributed by atoms with Crippen LogP contribution in [0.5, 0.6) is 0 Å². The van der Waals surface area contributed by atoms with Crippen LogP contribution in [0.25, 0.3) is 0 Å². The third-order valence-electron chi connectivity index (χ3n) is 2.10. The Bertz CT molecular complexity index is 539. The Kier molecular flexibility index (Phi) is 2.95. The van der Waals surface area contributed by atoms with Crippen LogP contribution in [0.4, 0.5) is 10.2 Å². The van der Waals surface area contributed by atoms with Crippen LogP contribution in [0.1, 0.15) is 5.56 Å². The van der Waals surface area contributed by atoms with E-state index in [4.69, 9.17) is 0 Å². The lowest BCUT2D eigenvalue weighted by atomic mass is 10.2. The molecule has 0 radical (unpaired) electrons. The molecule has 0 amide bonds. The number of benzene rings is 1. The van der Waals surface area contributed by atoms with Crippen molar-refractivity contribution in [2.75, 3.05) is 5.32 Å². The number of hydrogen-bond donors (Lipinski definition) is 2. The van der Waals surface area contributed by atoms with E-state index in [1.807, 2.05) is 0 Å². The minimum atomic E-state index is -0.278. The van der Waals surface area contributed by atoms with Gasteiger partial charge >= 0.3 is 0 Å². The number of anilines is 1. The quantitative estimate of drug-likeness (QED) is 0.822. The predicted molar refractivity (Wildman–Crippen MR) is 58.6 cm³/mol. The maximum atomic E-state index is 13.2. The highest BCUT2D eigenvalue weighted by Crippen LogP contribution is 2.08. The third kappa shape index (κ3) is 2.44. The van der Waals surface area contributed by atoms with Gasteiger partial charge < -0.3 is 10.3 Å². The van der Waals surface area contributed by atoms with Gasteiger partial charge in [0.1, 0.15) is 11.6 Å². The van der Waals surface area contributed by atoms with Gasteiger partial charge in [0, 0.05) is 18.2 Å². The number of hydrogen-bond acceptors (Lipinski definition) is 3. The fourth-order valence-corrected chi connectivity index (χ4v) is 1.29. The molecule has 2 N–H and O–H groups in total. The zero-order valence-electron chi connectivity index (χ0n) is 8.40. The summed E-state index contributed by atoms with van der Waals surface area (Å²) >= 11 is 0. The summed E-state index contributed by atoms with van der Waals surface area (Å²) in [6, 6.07) is 7.77. The number of aromatic nitrogens is 2. The van der Waals surface area contributed by atoms with E-state index in [1.165, 1.54) is 18.5 Å². The van der Waals surface area contributed by atoms with Crippen molar-refractivity contribution in [1.29, 1.82) is 0 Å². The zero-order chi connectivity index (χ0) is 11.4. The van der Waals surface area contributed by atoms with Gasteiger partial charge in [-0.1, -0.05) is 18.2 Å². The van der Waals surface area contributed by atoms with Crippen molar-refractivity contribution in [2.24, 2.45) is 0 Å². The minimum absolute atomic E-state index is 0.244. The largest absolute Gasteiger partial charge is 0.366 e. The summed E-state index contributed by atoms with van der Waals surface area (Å²) in [6.45, 7) is 0.295. The fraction of sp³-hybridized carbons (Fsp3) is 0.0909. The van der Waals surface area contributed by atoms with Gasteiger partial charge in [-0.2, -0.15) is 0 Å². The predicted octanol–water partition coefficient (Wildman–Crippen LogP) is 1.52. The van der Waals surface area contributed by atoms with Crippen LogP contribution in [-0.4, -0.2) is 9.97 Å². The van der Waals surface area contributed by atoms with Crippen LogP contribution >= 0.6 is 0 Å². The van der Waals surface area contributed by atoms with Gasteiger partial charge in [-0.3, -0.25) is 4.79 Å². The highest BCUT2D eigenvalue weighted by atomic mass is 19.1. The van der Waals surface area contributed by atoms with Crippen molar-refractivity contribution >= 4 is 5.82 Å². The van der Waals surface area contributed by atoms with Crippen LogP contribution < -0.4 is 10.9 Å². The summed E-state index contributed by atoms with van der Waals surface area (Å²) in [7, 11) is 0. The van der Waals surface area contributed by atoms with Crippen molar-refractivity contribution in [3.05, 3.63) is 58.4 Å². The average molecular weight is 219 g/mol. The van der Waals surface area contributed by atoms with E-state index in [9.17, 15) is 9.18 Å². The summed E-state index contributed by atoms with van der Waals surface area (Å²) in [5, 5.41) is 2.87. The van der Waals surface area contributed by atoms with Crippen molar-refractivity contribution in [2.45, 2.75) is 6.54 Å². The number of nitrogens with one attached hydrogen (secondary N) is 2. The molecule has 2 aromatic rings. The number of H-pyrrole nitrogens is 1. The van der Waals surface area contributed by atoms with Crippen LogP contribution in [0.3, 0.4) is 0 Å². The first-order valence-electron chi connectivity index (χ1n) is 4.78. The molecule has 16 heavy (non-hydrogen) atoms. The molecule has 82 valence electrons. The standard InChI is InChI=1S/C11H10FN3O/c12-9-4-2-1-3-8(9)6-13-10-5-11(16)15-7-14-10/h1-5,7H,6H2,(H2,13,14,15,16). The van der Waals surface area contributed by atoms with E-state index in [2.05, 4.69) is 15.3 Å². The lowest BCUT2D eigenvalue weighted by Gasteiger charge is -2.05. The second kappa shape index (κ2) is 4.57. The van der Waals surface area contributed by atoms with Gasteiger partial charge in [0.25, 0.3) is 5.56 Å². The molecule has 1 aromatic carbocycles. The topological polar surface area (TPSA) is 57.8 Å². The van der Waals surface area contributed by atoms with Crippen LogP contribution in [0, 0.1) is 5.82 Å². The first-order chi connectivity index (χ1) is 7.75. The van der Waals surface area contributed by atoms with E-state index >= 15 is 0 Å². The number of halogens is 1. The van der Waals surface area contributed by atoms with Gasteiger partial charge in [0.2, 0.25) is 0 Å². The van der Waals surface area contributed by atoms with Gasteiger partial charge in [0.05, 0.1) is 6.33 Å². The molecule has 0 aliphatic heterocycles. The molecule has 5 heteroatoms. The van der Waals surface area contributed by atoms with Crippen molar-refractivity contribution < 1.29 is 4.39 Å². The third-order valence-corrected chi connectivity index (χ3v) is 2.10. The molecule has 2 rings (SSSR count). The van der Waals surface area contributed by atoms with E-state index < -0.39 is 0 Å². The van der Waals surface area contributed by atoms with Crippen LogP contribution in [-0.2, 0) is 6.54 Å². The molecule has 1 aromatic heterocycles. The van der Waals surface area contributed by atoms with Crippen molar-refractivity contribution in [3.8, 4) is 0 Å². The summed E-state index contributed by atoms with van der Waals surface area (Å²) in [5.41, 5.74) is 0.288. The molecular formula is C11H10FN3O. The Morgan fingerprint density at radius 2 is 2.19 bits per heavy atom. The second-order valence-corrected chi connectivity index (χ2v) is 3.24. The van der Waals surface area contributed by atoms with Crippen molar-refractivity contribution in [3.63, 3.8) is 0 Å². The highest BCUT2D eigenvalue weighted by molar-refractivity contribution is 5.33. The smallest absolute Gasteiger partial charge is 0.252 e. The van der Waals surface area contributed by atoms with E-state index in [0.29, 0.717) is 17.9 Å². The van der Waals surface area contributed by atoms with Gasteiger partial charge in [0.15, 0.2) is 0 Å². The molecule has 0 spiro atoms. The van der Waals surface area contributed by atoms with E-state index in [1.54, 1.807) is 18.2 Å². The molecule has 0 bridgehead atoms. The van der Waals surface area contributed by atoms with Gasteiger partial charge in [-0.15, -0.1) is 0 Å². The molecule has 0 saturated carbocycles. The summed E-state index contributed by atoms with van der Waals surface area (Å²) in [5.74, 6) is 0.145.